The van der Waals surface area contributed by atoms with Gasteiger partial charge in [0.25, 0.3) is 17.7 Å². The first-order valence-electron chi connectivity index (χ1n) is 9.58. The van der Waals surface area contributed by atoms with Crippen LogP contribution in [0.2, 0.25) is 0 Å². The van der Waals surface area contributed by atoms with Crippen LogP contribution in [0.1, 0.15) is 42.2 Å². The second-order valence-electron chi connectivity index (χ2n) is 7.21. The number of nitrogens with zero attached hydrogens (tertiary/aromatic N) is 1. The molecule has 0 bridgehead atoms. The molecule has 31 heavy (non-hydrogen) atoms. The fourth-order valence-electron chi connectivity index (χ4n) is 3.52. The lowest BCUT2D eigenvalue weighted by molar-refractivity contribution is 0.0642. The van der Waals surface area contributed by atoms with Crippen LogP contribution in [-0.4, -0.2) is 29.7 Å². The number of rotatable bonds is 5. The van der Waals surface area contributed by atoms with Gasteiger partial charge in [-0.05, 0) is 54.4 Å². The van der Waals surface area contributed by atoms with Crippen LogP contribution in [0.3, 0.4) is 0 Å². The minimum atomic E-state index is -0.564. The van der Waals surface area contributed by atoms with E-state index in [0.717, 1.165) is 10.5 Å². The summed E-state index contributed by atoms with van der Waals surface area (Å²) < 4.78 is 19.3. The summed E-state index contributed by atoms with van der Waals surface area (Å²) in [7, 11) is 1.42. The molecule has 4 rings (SSSR count). The van der Waals surface area contributed by atoms with E-state index in [2.05, 4.69) is 5.32 Å². The molecule has 0 spiro atoms. The zero-order valence-electron chi connectivity index (χ0n) is 16.9. The minimum Gasteiger partial charge on any atom is -0.496 e. The molecular weight excluding hydrogens is 399 g/mol. The average molecular weight is 418 g/mol. The molecule has 3 aromatic rings. The third-order valence-electron chi connectivity index (χ3n) is 5.10. The van der Waals surface area contributed by atoms with Gasteiger partial charge in [0, 0.05) is 0 Å². The predicted octanol–water partition coefficient (Wildman–Crippen LogP) is 4.19. The zero-order valence-corrected chi connectivity index (χ0v) is 16.9. The first-order valence-corrected chi connectivity index (χ1v) is 9.58. The molecule has 6 nitrogen and oxygen atoms in total. The lowest BCUT2D eigenvalue weighted by Gasteiger charge is -2.16. The standard InChI is InChI=1S/C24H19FN2O4/c1-14-7-9-19(25)20(11-14)26-22(28)18-12-15(8-10-21(18)31-2)13-27-23(29)16-5-3-4-6-17(16)24(27)30/h3-12H,13H2,1-2H3,(H,26,28). The quantitative estimate of drug-likeness (QED) is 0.631. The van der Waals surface area contributed by atoms with Gasteiger partial charge < -0.3 is 10.1 Å². The van der Waals surface area contributed by atoms with E-state index in [1.807, 2.05) is 0 Å². The predicted molar refractivity (Wildman–Crippen MR) is 113 cm³/mol. The van der Waals surface area contributed by atoms with Crippen LogP contribution >= 0.6 is 0 Å². The number of methoxy groups -OCH3 is 1. The summed E-state index contributed by atoms with van der Waals surface area (Å²) in [4.78, 5) is 39.2. The van der Waals surface area contributed by atoms with Gasteiger partial charge in [0.15, 0.2) is 0 Å². The van der Waals surface area contributed by atoms with Crippen LogP contribution in [0.25, 0.3) is 0 Å². The van der Waals surface area contributed by atoms with E-state index in [-0.39, 0.29) is 35.4 Å². The molecule has 0 aromatic heterocycles. The molecule has 156 valence electrons. The highest BCUT2D eigenvalue weighted by Crippen LogP contribution is 2.27. The number of nitrogens with one attached hydrogen (secondary N) is 1. The van der Waals surface area contributed by atoms with Gasteiger partial charge in [-0.25, -0.2) is 4.39 Å². The summed E-state index contributed by atoms with van der Waals surface area (Å²) in [5.74, 6) is -1.60. The molecule has 0 radical (unpaired) electrons. The smallest absolute Gasteiger partial charge is 0.261 e. The summed E-state index contributed by atoms with van der Waals surface area (Å²) in [6.07, 6.45) is 0. The van der Waals surface area contributed by atoms with Crippen LogP contribution in [0, 0.1) is 12.7 Å². The molecule has 7 heteroatoms. The van der Waals surface area contributed by atoms with Crippen molar-refractivity contribution in [3.05, 3.63) is 94.3 Å². The number of halogens is 1. The van der Waals surface area contributed by atoms with Crippen molar-refractivity contribution in [1.29, 1.82) is 0 Å². The lowest BCUT2D eigenvalue weighted by Crippen LogP contribution is -2.29. The van der Waals surface area contributed by atoms with Crippen molar-refractivity contribution in [3.63, 3.8) is 0 Å². The largest absolute Gasteiger partial charge is 0.496 e. The molecule has 0 unspecified atom stereocenters. The fraction of sp³-hybridized carbons (Fsp3) is 0.125. The van der Waals surface area contributed by atoms with E-state index < -0.39 is 11.7 Å². The van der Waals surface area contributed by atoms with Crippen LogP contribution < -0.4 is 10.1 Å². The van der Waals surface area contributed by atoms with Crippen molar-refractivity contribution in [3.8, 4) is 5.75 Å². The van der Waals surface area contributed by atoms with Gasteiger partial charge in [-0.1, -0.05) is 24.3 Å². The summed E-state index contributed by atoms with van der Waals surface area (Å²) in [6.45, 7) is 1.79. The summed E-state index contributed by atoms with van der Waals surface area (Å²) in [5.41, 5.74) is 2.28. The Labute approximate surface area is 178 Å². The van der Waals surface area contributed by atoms with Crippen molar-refractivity contribution < 1.29 is 23.5 Å². The van der Waals surface area contributed by atoms with Crippen molar-refractivity contribution in [2.24, 2.45) is 0 Å². The van der Waals surface area contributed by atoms with Crippen molar-refractivity contribution in [1.82, 2.24) is 4.90 Å². The maximum absolute atomic E-state index is 14.1. The second kappa shape index (κ2) is 8.02. The molecule has 0 fully saturated rings. The molecule has 1 heterocycles. The molecule has 1 N–H and O–H groups in total. The van der Waals surface area contributed by atoms with Gasteiger partial charge >= 0.3 is 0 Å². The number of carbonyl (C=O) groups is 3. The highest BCUT2D eigenvalue weighted by molar-refractivity contribution is 6.21. The van der Waals surface area contributed by atoms with E-state index in [9.17, 15) is 18.8 Å². The van der Waals surface area contributed by atoms with E-state index >= 15 is 0 Å². The highest BCUT2D eigenvalue weighted by Gasteiger charge is 2.35. The van der Waals surface area contributed by atoms with Crippen molar-refractivity contribution >= 4 is 23.4 Å². The number of anilines is 1. The monoisotopic (exact) mass is 418 g/mol. The Morgan fingerprint density at radius 1 is 1.00 bits per heavy atom. The van der Waals surface area contributed by atoms with E-state index in [0.29, 0.717) is 16.7 Å². The first-order chi connectivity index (χ1) is 14.9. The normalized spacial score (nSPS) is 12.7. The summed E-state index contributed by atoms with van der Waals surface area (Å²) in [5, 5.41) is 2.55. The van der Waals surface area contributed by atoms with E-state index in [1.165, 1.54) is 25.3 Å². The Hall–Kier alpha value is -4.00. The second-order valence-corrected chi connectivity index (χ2v) is 7.21. The van der Waals surface area contributed by atoms with Gasteiger partial charge in [0.2, 0.25) is 0 Å². The minimum absolute atomic E-state index is 0.00454. The number of benzene rings is 3. The fourth-order valence-corrected chi connectivity index (χ4v) is 3.52. The molecule has 0 aliphatic carbocycles. The Kier molecular flexibility index (Phi) is 5.25. The molecular formula is C24H19FN2O4. The Morgan fingerprint density at radius 3 is 2.32 bits per heavy atom. The molecule has 0 saturated heterocycles. The molecule has 1 aliphatic rings. The number of hydrogen-bond donors (Lipinski definition) is 1. The zero-order chi connectivity index (χ0) is 22.1. The molecule has 0 saturated carbocycles. The number of carbonyl (C=O) groups excluding carboxylic acids is 3. The Balaban J connectivity index is 1.61. The molecule has 3 aromatic carbocycles. The number of fused-ring (bicyclic) bond motifs is 1. The SMILES string of the molecule is COc1ccc(CN2C(=O)c3ccccc3C2=O)cc1C(=O)Nc1cc(C)ccc1F. The third-order valence-corrected chi connectivity index (χ3v) is 5.10. The van der Waals surface area contributed by atoms with Crippen LogP contribution in [-0.2, 0) is 6.54 Å². The molecule has 3 amide bonds. The number of amides is 3. The van der Waals surface area contributed by atoms with Crippen molar-refractivity contribution in [2.45, 2.75) is 13.5 Å². The number of ether oxygens (including phenoxy) is 1. The molecule has 0 atom stereocenters. The highest BCUT2D eigenvalue weighted by atomic mass is 19.1. The molecule has 1 aliphatic heterocycles. The van der Waals surface area contributed by atoms with Gasteiger partial charge in [-0.15, -0.1) is 0 Å². The van der Waals surface area contributed by atoms with Crippen LogP contribution in [0.4, 0.5) is 10.1 Å². The number of hydrogen-bond acceptors (Lipinski definition) is 4. The van der Waals surface area contributed by atoms with Gasteiger partial charge in [0.1, 0.15) is 11.6 Å². The van der Waals surface area contributed by atoms with E-state index in [4.69, 9.17) is 4.74 Å². The van der Waals surface area contributed by atoms with Crippen LogP contribution in [0.15, 0.2) is 60.7 Å². The lowest BCUT2D eigenvalue weighted by atomic mass is 10.1. The van der Waals surface area contributed by atoms with Crippen molar-refractivity contribution in [2.75, 3.05) is 12.4 Å². The first kappa shape index (κ1) is 20.3. The summed E-state index contributed by atoms with van der Waals surface area (Å²) >= 11 is 0. The van der Waals surface area contributed by atoms with Gasteiger partial charge in [-0.3, -0.25) is 19.3 Å². The maximum Gasteiger partial charge on any atom is 0.261 e. The van der Waals surface area contributed by atoms with Crippen LogP contribution in [0.5, 0.6) is 5.75 Å². The maximum atomic E-state index is 14.1. The third kappa shape index (κ3) is 3.77. The van der Waals surface area contributed by atoms with Gasteiger partial charge in [-0.2, -0.15) is 0 Å². The Morgan fingerprint density at radius 2 is 1.68 bits per heavy atom. The topological polar surface area (TPSA) is 75.7 Å². The Bertz CT molecular complexity index is 1190. The van der Waals surface area contributed by atoms with Gasteiger partial charge in [0.05, 0.1) is 36.0 Å². The number of imide groups is 1. The van der Waals surface area contributed by atoms with E-state index in [1.54, 1.807) is 49.4 Å². The average Bonchev–Trinajstić information content (AvgIpc) is 3.01. The number of aryl methyl sites for hydroxylation is 1. The summed E-state index contributed by atoms with van der Waals surface area (Å²) in [6, 6.07) is 15.8.